The van der Waals surface area contributed by atoms with Crippen molar-refractivity contribution >= 4 is 25.9 Å². The van der Waals surface area contributed by atoms with E-state index in [4.69, 9.17) is 4.74 Å². The monoisotopic (exact) mass is 414 g/mol. The van der Waals surface area contributed by atoms with Gasteiger partial charge in [0.2, 0.25) is 0 Å². The molecule has 0 aliphatic rings. The number of amidine groups is 1. The highest BCUT2D eigenvalue weighted by molar-refractivity contribution is 7.92. The van der Waals surface area contributed by atoms with Crippen LogP contribution in [0.15, 0.2) is 28.7 Å². The summed E-state index contributed by atoms with van der Waals surface area (Å²) in [5.41, 5.74) is -12.5. The predicted molar refractivity (Wildman–Crippen MR) is 72.6 cm³/mol. The molecule has 0 amide bonds. The van der Waals surface area contributed by atoms with Gasteiger partial charge in [0.1, 0.15) is 5.75 Å². The summed E-state index contributed by atoms with van der Waals surface area (Å²) in [5.74, 6) is -1.57. The van der Waals surface area contributed by atoms with Crippen molar-refractivity contribution in [3.8, 4) is 5.75 Å². The number of hydrogen-bond donors (Lipinski definition) is 1. The molecule has 25 heavy (non-hydrogen) atoms. The first-order chi connectivity index (χ1) is 11.1. The Labute approximate surface area is 137 Å². The second-order valence-electron chi connectivity index (χ2n) is 4.14. The van der Waals surface area contributed by atoms with Gasteiger partial charge in [0.25, 0.3) is 0 Å². The van der Waals surface area contributed by atoms with Crippen molar-refractivity contribution in [1.82, 2.24) is 4.72 Å². The maximum absolute atomic E-state index is 12.4. The van der Waals surface area contributed by atoms with Gasteiger partial charge in [0, 0.05) is 5.56 Å². The molecule has 142 valence electrons. The van der Waals surface area contributed by atoms with Crippen LogP contribution in [0.25, 0.3) is 0 Å². The van der Waals surface area contributed by atoms with Gasteiger partial charge in [-0.05, 0) is 24.3 Å². The molecule has 0 fully saturated rings. The lowest BCUT2D eigenvalue weighted by Crippen LogP contribution is -2.41. The van der Waals surface area contributed by atoms with Crippen LogP contribution in [-0.4, -0.2) is 40.8 Å². The molecule has 0 saturated carbocycles. The van der Waals surface area contributed by atoms with Crippen LogP contribution in [0.5, 0.6) is 5.75 Å². The number of ether oxygens (including phenoxy) is 1. The first-order valence-corrected chi connectivity index (χ1v) is 8.68. The van der Waals surface area contributed by atoms with E-state index in [0.29, 0.717) is 4.72 Å². The van der Waals surface area contributed by atoms with Crippen molar-refractivity contribution < 1.29 is 47.9 Å². The van der Waals surface area contributed by atoms with Crippen LogP contribution in [-0.2, 0) is 20.0 Å². The van der Waals surface area contributed by atoms with Crippen molar-refractivity contribution in [3.05, 3.63) is 29.8 Å². The summed E-state index contributed by atoms with van der Waals surface area (Å²) < 4.78 is 126. The largest absolute Gasteiger partial charge is 0.518 e. The topological polar surface area (TPSA) is 102 Å². The lowest BCUT2D eigenvalue weighted by molar-refractivity contribution is -0.0443. The Kier molecular flexibility index (Phi) is 5.63. The van der Waals surface area contributed by atoms with E-state index in [9.17, 15) is 43.2 Å². The normalized spacial score (nSPS) is 14.3. The molecule has 0 heterocycles. The van der Waals surface area contributed by atoms with Crippen molar-refractivity contribution in [1.29, 1.82) is 0 Å². The van der Waals surface area contributed by atoms with Crippen LogP contribution in [0.1, 0.15) is 5.56 Å². The van der Waals surface area contributed by atoms with Gasteiger partial charge >= 0.3 is 31.1 Å². The van der Waals surface area contributed by atoms with Gasteiger partial charge in [-0.25, -0.2) is 0 Å². The fraction of sp³-hybridized carbons (Fsp3) is 0.300. The van der Waals surface area contributed by atoms with Crippen LogP contribution >= 0.6 is 0 Å². The maximum atomic E-state index is 12.4. The zero-order chi connectivity index (χ0) is 19.7. The third-order valence-electron chi connectivity index (χ3n) is 2.40. The number of nitrogens with zero attached hydrogens (tertiary/aromatic N) is 1. The standard InChI is InChI=1S/C10H8F6N2O5S2/c1-23-7-4-2-6(3-5-7)8(17-24(19,20)9(11,12)13)18-25(21,22)10(14,15)16/h2-5H,1H3,(H,17,18). The van der Waals surface area contributed by atoms with Gasteiger partial charge < -0.3 is 4.74 Å². The smallest absolute Gasteiger partial charge is 0.497 e. The van der Waals surface area contributed by atoms with Crippen molar-refractivity contribution in [2.45, 2.75) is 11.0 Å². The highest BCUT2D eigenvalue weighted by atomic mass is 32.2. The van der Waals surface area contributed by atoms with Crippen LogP contribution in [0.3, 0.4) is 0 Å². The Morgan fingerprint density at radius 3 is 1.80 bits per heavy atom. The van der Waals surface area contributed by atoms with Crippen LogP contribution < -0.4 is 9.46 Å². The number of halogens is 6. The summed E-state index contributed by atoms with van der Waals surface area (Å²) >= 11 is 0. The molecular formula is C10H8F6N2O5S2. The number of hydrogen-bond acceptors (Lipinski definition) is 5. The molecule has 0 aliphatic heterocycles. The Bertz CT molecular complexity index is 857. The van der Waals surface area contributed by atoms with Gasteiger partial charge in [-0.1, -0.05) is 0 Å². The molecule has 0 radical (unpaired) electrons. The van der Waals surface area contributed by atoms with E-state index in [1.54, 1.807) is 0 Å². The van der Waals surface area contributed by atoms with E-state index >= 15 is 0 Å². The number of nitrogens with one attached hydrogen (secondary N) is 1. The highest BCUT2D eigenvalue weighted by Gasteiger charge is 2.49. The molecule has 1 rings (SSSR count). The van der Waals surface area contributed by atoms with Gasteiger partial charge in [0.15, 0.2) is 5.84 Å². The highest BCUT2D eigenvalue weighted by Crippen LogP contribution is 2.27. The average Bonchev–Trinajstić information content (AvgIpc) is 2.43. The zero-order valence-corrected chi connectivity index (χ0v) is 13.5. The minimum atomic E-state index is -6.32. The second-order valence-corrected chi connectivity index (χ2v) is 7.41. The molecule has 0 saturated heterocycles. The number of methoxy groups -OCH3 is 1. The molecular weight excluding hydrogens is 406 g/mol. The Morgan fingerprint density at radius 1 is 0.960 bits per heavy atom. The Hall–Kier alpha value is -2.03. The van der Waals surface area contributed by atoms with Crippen molar-refractivity contribution in [2.24, 2.45) is 4.40 Å². The SMILES string of the molecule is COc1ccc(/C(=N/S(=O)(=O)C(F)(F)F)NS(=O)(=O)C(F)(F)F)cc1. The van der Waals surface area contributed by atoms with E-state index in [2.05, 4.69) is 4.40 Å². The minimum absolute atomic E-state index is 0.112. The van der Waals surface area contributed by atoms with Crippen LogP contribution in [0, 0.1) is 0 Å². The van der Waals surface area contributed by atoms with E-state index in [1.807, 2.05) is 0 Å². The maximum Gasteiger partial charge on any atom is 0.518 e. The predicted octanol–water partition coefficient (Wildman–Crippen LogP) is 1.73. The summed E-state index contributed by atoms with van der Waals surface area (Å²) in [6.07, 6.45) is 0. The molecule has 0 aromatic heterocycles. The molecule has 1 aromatic carbocycles. The Morgan fingerprint density at radius 2 is 1.44 bits per heavy atom. The lowest BCUT2D eigenvalue weighted by Gasteiger charge is -2.13. The fourth-order valence-corrected chi connectivity index (χ4v) is 2.32. The summed E-state index contributed by atoms with van der Waals surface area (Å²) in [6, 6.07) is 3.69. The van der Waals surface area contributed by atoms with Crippen molar-refractivity contribution in [2.75, 3.05) is 7.11 Å². The van der Waals surface area contributed by atoms with Gasteiger partial charge in [-0.3, -0.25) is 4.72 Å². The third kappa shape index (κ3) is 4.97. The first-order valence-electron chi connectivity index (χ1n) is 5.75. The van der Waals surface area contributed by atoms with E-state index in [1.165, 1.54) is 7.11 Å². The number of sulfonamides is 2. The van der Waals surface area contributed by atoms with Gasteiger partial charge in [-0.15, -0.1) is 4.40 Å². The van der Waals surface area contributed by atoms with Crippen molar-refractivity contribution in [3.63, 3.8) is 0 Å². The fourth-order valence-electron chi connectivity index (χ4n) is 1.24. The van der Waals surface area contributed by atoms with Crippen LogP contribution in [0.2, 0.25) is 0 Å². The molecule has 0 aliphatic carbocycles. The Balaban J connectivity index is 3.52. The molecule has 0 atom stereocenters. The summed E-state index contributed by atoms with van der Waals surface area (Å²) in [6.45, 7) is 0. The lowest BCUT2D eigenvalue weighted by atomic mass is 10.2. The quantitative estimate of drug-likeness (QED) is 0.459. The average molecular weight is 414 g/mol. The molecule has 0 unspecified atom stereocenters. The number of rotatable bonds is 4. The molecule has 1 N–H and O–H groups in total. The van der Waals surface area contributed by atoms with Gasteiger partial charge in [-0.2, -0.15) is 43.2 Å². The summed E-state index contributed by atoms with van der Waals surface area (Å²) in [7, 11) is -11.3. The molecule has 1 aromatic rings. The van der Waals surface area contributed by atoms with E-state index in [0.717, 1.165) is 24.3 Å². The number of benzene rings is 1. The van der Waals surface area contributed by atoms with E-state index < -0.39 is 42.5 Å². The third-order valence-corrected chi connectivity index (χ3v) is 4.48. The molecule has 0 spiro atoms. The molecule has 0 bridgehead atoms. The summed E-state index contributed by atoms with van der Waals surface area (Å²) in [4.78, 5) is 0. The first kappa shape index (κ1) is 21.0. The molecule has 15 heteroatoms. The summed E-state index contributed by atoms with van der Waals surface area (Å²) in [5, 5.41) is 0. The van der Waals surface area contributed by atoms with Gasteiger partial charge in [0.05, 0.1) is 7.11 Å². The van der Waals surface area contributed by atoms with E-state index in [-0.39, 0.29) is 5.75 Å². The number of alkyl halides is 6. The second kappa shape index (κ2) is 6.70. The molecule has 7 nitrogen and oxygen atoms in total. The van der Waals surface area contributed by atoms with Crippen LogP contribution in [0.4, 0.5) is 26.3 Å². The minimum Gasteiger partial charge on any atom is -0.497 e. The zero-order valence-electron chi connectivity index (χ0n) is 11.9.